The highest BCUT2D eigenvalue weighted by Crippen LogP contribution is 2.49. The van der Waals surface area contributed by atoms with E-state index in [1.54, 1.807) is 13.3 Å². The molecule has 1 saturated heterocycles. The number of β-lactam (4-membered cyclic amide) rings is 1. The van der Waals surface area contributed by atoms with Gasteiger partial charge in [-0.3, -0.25) is 19.3 Å². The van der Waals surface area contributed by atoms with Crippen molar-refractivity contribution in [2.75, 3.05) is 6.26 Å². The van der Waals surface area contributed by atoms with E-state index in [1.165, 1.54) is 52.3 Å². The van der Waals surface area contributed by atoms with Crippen molar-refractivity contribution in [3.05, 3.63) is 62.5 Å². The fourth-order valence-electron chi connectivity index (χ4n) is 4.75. The van der Waals surface area contributed by atoms with Crippen LogP contribution >= 0.6 is 23.1 Å². The number of imidazole rings is 1. The van der Waals surface area contributed by atoms with Gasteiger partial charge in [-0.05, 0) is 44.2 Å². The fraction of sp³-hybridized carbons (Fsp3) is 0.348. The number of nitrogens with zero attached hydrogens (tertiary/aromatic N) is 4. The molecule has 12 heteroatoms. The zero-order chi connectivity index (χ0) is 25.0. The molecule has 0 aliphatic carbocycles. The Balaban J connectivity index is 1.49. The summed E-state index contributed by atoms with van der Waals surface area (Å²) in [6.07, 6.45) is 3.31. The number of carbonyl (C=O) groups excluding carboxylic acids is 2. The number of aromatic nitrogens is 2. The van der Waals surface area contributed by atoms with Gasteiger partial charge in [0.2, 0.25) is 5.91 Å². The van der Waals surface area contributed by atoms with Gasteiger partial charge in [0.15, 0.2) is 0 Å². The Morgan fingerprint density at radius 2 is 2.11 bits per heavy atom. The Labute approximate surface area is 208 Å². The first-order valence-corrected chi connectivity index (χ1v) is 12.9. The van der Waals surface area contributed by atoms with Crippen molar-refractivity contribution in [1.29, 1.82) is 0 Å². The third-order valence-electron chi connectivity index (χ3n) is 6.49. The standard InChI is InChI=1S/C23H22N4O6S2/c1-11-19(35-22-20(34-3)24-10-25(11)22)15-8-16-17(12(2)28)21(29)26(16)18(15)23(30)33-9-13-4-6-14(7-5-13)27(31)32/h4-7,10,12,16-17,28H,8-9H2,1-3H3/t12-,16-,17-/m1/s1. The van der Waals surface area contributed by atoms with Crippen LogP contribution in [0.5, 0.6) is 0 Å². The number of aliphatic hydroxyl groups excluding tert-OH is 1. The molecule has 0 spiro atoms. The Morgan fingerprint density at radius 3 is 2.74 bits per heavy atom. The van der Waals surface area contributed by atoms with Gasteiger partial charge in [0.05, 0.1) is 27.9 Å². The van der Waals surface area contributed by atoms with Gasteiger partial charge >= 0.3 is 5.97 Å². The number of benzene rings is 1. The van der Waals surface area contributed by atoms with Crippen molar-refractivity contribution < 1.29 is 24.4 Å². The largest absolute Gasteiger partial charge is 0.456 e. The van der Waals surface area contributed by atoms with Gasteiger partial charge in [-0.1, -0.05) is 0 Å². The summed E-state index contributed by atoms with van der Waals surface area (Å²) in [6, 6.07) is 5.44. The van der Waals surface area contributed by atoms with Crippen molar-refractivity contribution in [3.63, 3.8) is 0 Å². The number of hydrogen-bond donors (Lipinski definition) is 1. The quantitative estimate of drug-likeness (QED) is 0.167. The number of thioether (sulfide) groups is 1. The summed E-state index contributed by atoms with van der Waals surface area (Å²) in [5.74, 6) is -1.51. The highest BCUT2D eigenvalue weighted by Gasteiger charge is 2.57. The molecule has 3 aromatic rings. The predicted octanol–water partition coefficient (Wildman–Crippen LogP) is 3.40. The molecule has 5 rings (SSSR count). The number of thiazole rings is 1. The van der Waals surface area contributed by atoms with E-state index in [9.17, 15) is 24.8 Å². The first-order valence-electron chi connectivity index (χ1n) is 10.9. The molecule has 2 aromatic heterocycles. The predicted molar refractivity (Wildman–Crippen MR) is 130 cm³/mol. The minimum atomic E-state index is -0.826. The van der Waals surface area contributed by atoms with Crippen LogP contribution in [0.1, 0.15) is 29.5 Å². The number of aryl methyl sites for hydroxylation is 1. The molecule has 4 heterocycles. The molecule has 0 bridgehead atoms. The van der Waals surface area contributed by atoms with Crippen molar-refractivity contribution in [2.45, 2.75) is 44.0 Å². The summed E-state index contributed by atoms with van der Waals surface area (Å²) >= 11 is 3.05. The molecule has 1 amide bonds. The molecule has 182 valence electrons. The first kappa shape index (κ1) is 23.5. The number of ether oxygens (including phenoxy) is 1. The van der Waals surface area contributed by atoms with Crippen molar-refractivity contribution >= 4 is 51.1 Å². The van der Waals surface area contributed by atoms with Crippen LogP contribution in [0.15, 0.2) is 41.3 Å². The van der Waals surface area contributed by atoms with Crippen LogP contribution < -0.4 is 0 Å². The van der Waals surface area contributed by atoms with Crippen LogP contribution in [-0.2, 0) is 20.9 Å². The average molecular weight is 515 g/mol. The summed E-state index contributed by atoms with van der Waals surface area (Å²) in [7, 11) is 0. The van der Waals surface area contributed by atoms with Gasteiger partial charge in [0.1, 0.15) is 28.5 Å². The van der Waals surface area contributed by atoms with Gasteiger partial charge in [-0.2, -0.15) is 0 Å². The molecule has 0 radical (unpaired) electrons. The second-order valence-electron chi connectivity index (χ2n) is 8.52. The molecule has 3 atom stereocenters. The van der Waals surface area contributed by atoms with Crippen LogP contribution in [-0.4, -0.2) is 54.6 Å². The normalized spacial score (nSPS) is 20.2. The summed E-state index contributed by atoms with van der Waals surface area (Å²) in [5.41, 5.74) is 2.37. The number of rotatable bonds is 7. The lowest BCUT2D eigenvalue weighted by molar-refractivity contribution is -0.384. The van der Waals surface area contributed by atoms with E-state index in [2.05, 4.69) is 4.98 Å². The number of amides is 1. The summed E-state index contributed by atoms with van der Waals surface area (Å²) in [4.78, 5) is 44.3. The van der Waals surface area contributed by atoms with Gasteiger partial charge in [-0.25, -0.2) is 9.78 Å². The SMILES string of the molecule is CSc1ncn2c(C)c(C3=C(C(=O)OCc4ccc([N+](=O)[O-])cc4)N4C(=O)[C@H]([C@@H](C)O)[C@H]4C3)sc12. The maximum absolute atomic E-state index is 13.3. The van der Waals surface area contributed by atoms with E-state index >= 15 is 0 Å². The number of aliphatic hydroxyl groups is 1. The third kappa shape index (κ3) is 3.72. The number of fused-ring (bicyclic) bond motifs is 2. The van der Waals surface area contributed by atoms with Gasteiger partial charge in [0.25, 0.3) is 5.69 Å². The topological polar surface area (TPSA) is 127 Å². The Bertz CT molecular complexity index is 1390. The van der Waals surface area contributed by atoms with Crippen molar-refractivity contribution in [3.8, 4) is 0 Å². The number of carbonyl (C=O) groups is 2. The highest BCUT2D eigenvalue weighted by atomic mass is 32.2. The van der Waals surface area contributed by atoms with Crippen molar-refractivity contribution in [1.82, 2.24) is 14.3 Å². The van der Waals surface area contributed by atoms with E-state index < -0.39 is 22.9 Å². The Kier molecular flexibility index (Phi) is 5.90. The lowest BCUT2D eigenvalue weighted by Gasteiger charge is -2.44. The second kappa shape index (κ2) is 8.77. The zero-order valence-electron chi connectivity index (χ0n) is 19.1. The molecule has 35 heavy (non-hydrogen) atoms. The molecule has 2 aliphatic rings. The minimum absolute atomic E-state index is 0.0530. The van der Waals surface area contributed by atoms with Crippen LogP contribution in [0.25, 0.3) is 10.4 Å². The number of non-ortho nitro benzene ring substituents is 1. The lowest BCUT2D eigenvalue weighted by atomic mass is 9.83. The maximum atomic E-state index is 13.3. The van der Waals surface area contributed by atoms with Crippen LogP contribution in [0.4, 0.5) is 5.69 Å². The minimum Gasteiger partial charge on any atom is -0.456 e. The van der Waals surface area contributed by atoms with E-state index in [0.29, 0.717) is 12.0 Å². The second-order valence-corrected chi connectivity index (χ2v) is 10.3. The smallest absolute Gasteiger partial charge is 0.355 e. The average Bonchev–Trinajstić information content (AvgIpc) is 3.48. The molecular weight excluding hydrogens is 492 g/mol. The van der Waals surface area contributed by atoms with Crippen LogP contribution in [0, 0.1) is 23.0 Å². The molecule has 1 N–H and O–H groups in total. The monoisotopic (exact) mass is 514 g/mol. The molecule has 0 saturated carbocycles. The Hall–Kier alpha value is -3.22. The fourth-order valence-corrected chi connectivity index (χ4v) is 6.71. The van der Waals surface area contributed by atoms with Gasteiger partial charge < -0.3 is 14.7 Å². The van der Waals surface area contributed by atoms with Crippen molar-refractivity contribution in [2.24, 2.45) is 5.92 Å². The number of esters is 1. The number of nitro benzene ring substituents is 1. The summed E-state index contributed by atoms with van der Waals surface area (Å²) in [6.45, 7) is 3.44. The summed E-state index contributed by atoms with van der Waals surface area (Å²) in [5, 5.41) is 21.9. The molecule has 0 unspecified atom stereocenters. The van der Waals surface area contributed by atoms with E-state index in [0.717, 1.165) is 26.0 Å². The van der Waals surface area contributed by atoms with Gasteiger partial charge in [0, 0.05) is 23.4 Å². The molecule has 1 aromatic carbocycles. The van der Waals surface area contributed by atoms with E-state index in [1.807, 2.05) is 17.6 Å². The Morgan fingerprint density at radius 1 is 1.40 bits per heavy atom. The van der Waals surface area contributed by atoms with E-state index in [-0.39, 0.29) is 29.9 Å². The first-order chi connectivity index (χ1) is 16.7. The molecule has 1 fully saturated rings. The molecular formula is C23H22N4O6S2. The number of nitro groups is 1. The highest BCUT2D eigenvalue weighted by molar-refractivity contribution is 7.98. The summed E-state index contributed by atoms with van der Waals surface area (Å²) < 4.78 is 7.53. The lowest BCUT2D eigenvalue weighted by Crippen LogP contribution is -2.61. The van der Waals surface area contributed by atoms with Gasteiger partial charge in [-0.15, -0.1) is 23.1 Å². The van der Waals surface area contributed by atoms with E-state index in [4.69, 9.17) is 4.74 Å². The van der Waals surface area contributed by atoms with Crippen LogP contribution in [0.2, 0.25) is 0 Å². The zero-order valence-corrected chi connectivity index (χ0v) is 20.8. The molecule has 10 nitrogen and oxygen atoms in total. The maximum Gasteiger partial charge on any atom is 0.355 e. The molecule has 2 aliphatic heterocycles. The third-order valence-corrected chi connectivity index (χ3v) is 8.63. The number of hydrogen-bond acceptors (Lipinski definition) is 9. The van der Waals surface area contributed by atoms with Crippen LogP contribution in [0.3, 0.4) is 0 Å².